The Morgan fingerprint density at radius 1 is 1.24 bits per heavy atom. The first kappa shape index (κ1) is 19.2. The third-order valence-corrected chi connectivity index (χ3v) is 4.76. The summed E-state index contributed by atoms with van der Waals surface area (Å²) in [6.07, 6.45) is 3.15. The summed E-state index contributed by atoms with van der Waals surface area (Å²) in [4.78, 5) is 11.1. The molecule has 134 valence electrons. The number of amidine groups is 1. The Bertz CT molecular complexity index is 800. The molecule has 0 saturated heterocycles. The third-order valence-electron chi connectivity index (χ3n) is 3.87. The molecule has 0 unspecified atom stereocenters. The van der Waals surface area contributed by atoms with Gasteiger partial charge in [0.1, 0.15) is 5.84 Å². The van der Waals surface area contributed by atoms with Crippen LogP contribution in [0.1, 0.15) is 29.9 Å². The molecule has 3 N–H and O–H groups in total. The number of likely N-dealkylation sites (N-methyl/N-ethyl adjacent to an activating group) is 1. The second-order valence-corrected chi connectivity index (χ2v) is 6.87. The van der Waals surface area contributed by atoms with Crippen LogP contribution in [0.15, 0.2) is 46.9 Å². The van der Waals surface area contributed by atoms with Crippen molar-refractivity contribution in [2.24, 2.45) is 10.7 Å². The molecule has 2 heterocycles. The van der Waals surface area contributed by atoms with Crippen molar-refractivity contribution in [1.29, 1.82) is 0 Å². The van der Waals surface area contributed by atoms with E-state index in [1.807, 2.05) is 31.4 Å². The highest BCUT2D eigenvalue weighted by Crippen LogP contribution is 2.21. The Morgan fingerprint density at radius 2 is 2.04 bits per heavy atom. The molecule has 3 rings (SSSR count). The van der Waals surface area contributed by atoms with E-state index < -0.39 is 0 Å². The van der Waals surface area contributed by atoms with Crippen LogP contribution >= 0.6 is 11.3 Å². The molecule has 1 aromatic carbocycles. The van der Waals surface area contributed by atoms with Crippen molar-refractivity contribution in [3.05, 3.63) is 57.9 Å². The van der Waals surface area contributed by atoms with Crippen molar-refractivity contribution in [2.45, 2.75) is 26.8 Å². The zero-order chi connectivity index (χ0) is 18.2. The van der Waals surface area contributed by atoms with Gasteiger partial charge in [0.25, 0.3) is 0 Å². The van der Waals surface area contributed by atoms with E-state index >= 15 is 0 Å². The highest BCUT2D eigenvalue weighted by molar-refractivity contribution is 7.12. The van der Waals surface area contributed by atoms with E-state index in [9.17, 15) is 0 Å². The zero-order valence-corrected chi connectivity index (χ0v) is 16.4. The molecule has 0 radical (unpaired) electrons. The van der Waals surface area contributed by atoms with Crippen molar-refractivity contribution in [3.63, 3.8) is 0 Å². The lowest BCUT2D eigenvalue weighted by Gasteiger charge is -2.08. The van der Waals surface area contributed by atoms with Crippen LogP contribution < -0.4 is 5.73 Å². The van der Waals surface area contributed by atoms with Gasteiger partial charge in [0.05, 0.1) is 11.4 Å². The number of nitrogens with two attached hydrogens (primary N) is 1. The Hall–Kier alpha value is -2.11. The average Bonchev–Trinajstić information content (AvgIpc) is 3.29. The molecule has 5 heteroatoms. The van der Waals surface area contributed by atoms with Gasteiger partial charge in [-0.15, -0.1) is 11.3 Å². The average molecular weight is 357 g/mol. The van der Waals surface area contributed by atoms with Crippen LogP contribution in [-0.4, -0.2) is 36.4 Å². The lowest BCUT2D eigenvalue weighted by Crippen LogP contribution is -2.14. The van der Waals surface area contributed by atoms with Crippen molar-refractivity contribution in [3.8, 4) is 0 Å². The standard InChI is InChI=1S/C18H22N4S.C2H6/c1-22(2)8-7-14-12-20-16-6-5-13(10-15(14)16)11-21-18(19)17-4-3-9-23-17;1-2/h3-6,9-10,12,20H,7-8,11H2,1-2H3,(H2,19,21);1-2H3. The second kappa shape index (κ2) is 9.39. The molecular formula is C20H28N4S. The normalized spacial score (nSPS) is 11.6. The van der Waals surface area contributed by atoms with Crippen molar-refractivity contribution in [2.75, 3.05) is 20.6 Å². The number of nitrogens with one attached hydrogen (secondary N) is 1. The number of hydrogen-bond acceptors (Lipinski definition) is 3. The minimum absolute atomic E-state index is 0.609. The van der Waals surface area contributed by atoms with Crippen LogP contribution in [0.25, 0.3) is 10.9 Å². The summed E-state index contributed by atoms with van der Waals surface area (Å²) < 4.78 is 0. The number of thiophene rings is 1. The minimum atomic E-state index is 0.609. The van der Waals surface area contributed by atoms with Crippen molar-refractivity contribution in [1.82, 2.24) is 9.88 Å². The quantitative estimate of drug-likeness (QED) is 0.512. The van der Waals surface area contributed by atoms with Gasteiger partial charge in [-0.3, -0.25) is 4.99 Å². The topological polar surface area (TPSA) is 57.4 Å². The molecule has 0 saturated carbocycles. The number of H-pyrrole nitrogens is 1. The summed E-state index contributed by atoms with van der Waals surface area (Å²) in [5.41, 5.74) is 9.75. The molecular weight excluding hydrogens is 328 g/mol. The van der Waals surface area contributed by atoms with E-state index in [1.54, 1.807) is 11.3 Å². The number of rotatable bonds is 6. The monoisotopic (exact) mass is 356 g/mol. The summed E-state index contributed by atoms with van der Waals surface area (Å²) in [6, 6.07) is 10.5. The van der Waals surface area contributed by atoms with Gasteiger partial charge in [0.2, 0.25) is 0 Å². The van der Waals surface area contributed by atoms with Crippen LogP contribution in [0, 0.1) is 0 Å². The van der Waals surface area contributed by atoms with E-state index in [2.05, 4.69) is 53.4 Å². The second-order valence-electron chi connectivity index (χ2n) is 5.93. The fourth-order valence-corrected chi connectivity index (χ4v) is 3.20. The molecule has 0 aliphatic heterocycles. The third kappa shape index (κ3) is 5.18. The maximum absolute atomic E-state index is 6.04. The number of aromatic amines is 1. The van der Waals surface area contributed by atoms with Gasteiger partial charge in [-0.2, -0.15) is 0 Å². The number of nitrogens with zero attached hydrogens (tertiary/aromatic N) is 2. The van der Waals surface area contributed by atoms with Gasteiger partial charge >= 0.3 is 0 Å². The van der Waals surface area contributed by atoms with Gasteiger partial charge in [0.15, 0.2) is 0 Å². The lowest BCUT2D eigenvalue weighted by atomic mass is 10.1. The zero-order valence-electron chi connectivity index (χ0n) is 15.5. The number of benzene rings is 1. The Morgan fingerprint density at radius 3 is 2.72 bits per heavy atom. The van der Waals surface area contributed by atoms with Gasteiger partial charge in [-0.25, -0.2) is 0 Å². The number of hydrogen-bond donors (Lipinski definition) is 2. The van der Waals surface area contributed by atoms with Gasteiger partial charge < -0.3 is 15.6 Å². The van der Waals surface area contributed by atoms with Crippen LogP contribution in [0.3, 0.4) is 0 Å². The van der Waals surface area contributed by atoms with Gasteiger partial charge in [-0.05, 0) is 55.2 Å². The summed E-state index contributed by atoms with van der Waals surface area (Å²) in [5, 5.41) is 3.30. The SMILES string of the molecule is CC.CN(C)CCc1c[nH]c2ccc(CN=C(N)c3cccs3)cc12. The molecule has 0 fully saturated rings. The highest BCUT2D eigenvalue weighted by atomic mass is 32.1. The predicted octanol–water partition coefficient (Wildman–Crippen LogP) is 4.27. The Labute approximate surface area is 154 Å². The molecule has 3 aromatic rings. The molecule has 25 heavy (non-hydrogen) atoms. The van der Waals surface area contributed by atoms with Crippen molar-refractivity contribution < 1.29 is 0 Å². The fourth-order valence-electron chi connectivity index (χ4n) is 2.55. The van der Waals surface area contributed by atoms with Crippen LogP contribution in [0.4, 0.5) is 0 Å². The first-order chi connectivity index (χ1) is 12.1. The van der Waals surface area contributed by atoms with Gasteiger partial charge in [-0.1, -0.05) is 26.0 Å². The highest BCUT2D eigenvalue weighted by Gasteiger charge is 2.06. The van der Waals surface area contributed by atoms with Crippen LogP contribution in [0.2, 0.25) is 0 Å². The first-order valence-corrected chi connectivity index (χ1v) is 9.59. The summed E-state index contributed by atoms with van der Waals surface area (Å²) in [6.45, 7) is 5.65. The molecule has 0 atom stereocenters. The molecule has 0 aliphatic carbocycles. The maximum Gasteiger partial charge on any atom is 0.136 e. The number of fused-ring (bicyclic) bond motifs is 1. The maximum atomic E-state index is 6.04. The Balaban J connectivity index is 0.00000109. The number of aliphatic imine (C=N–C) groups is 1. The molecule has 0 bridgehead atoms. The van der Waals surface area contributed by atoms with E-state index in [0.717, 1.165) is 17.8 Å². The molecule has 0 spiro atoms. The van der Waals surface area contributed by atoms with Crippen LogP contribution in [0.5, 0.6) is 0 Å². The van der Waals surface area contributed by atoms with E-state index in [4.69, 9.17) is 5.73 Å². The van der Waals surface area contributed by atoms with Crippen molar-refractivity contribution >= 4 is 28.1 Å². The summed E-state index contributed by atoms with van der Waals surface area (Å²) >= 11 is 1.62. The number of aromatic nitrogens is 1. The smallest absolute Gasteiger partial charge is 0.136 e. The van der Waals surface area contributed by atoms with E-state index in [-0.39, 0.29) is 0 Å². The Kier molecular flexibility index (Phi) is 7.22. The first-order valence-electron chi connectivity index (χ1n) is 8.71. The fraction of sp³-hybridized carbons (Fsp3) is 0.350. The van der Waals surface area contributed by atoms with Crippen LogP contribution in [-0.2, 0) is 13.0 Å². The molecule has 2 aromatic heterocycles. The summed E-state index contributed by atoms with van der Waals surface area (Å²) in [5.74, 6) is 0.613. The molecule has 0 amide bonds. The molecule has 0 aliphatic rings. The largest absolute Gasteiger partial charge is 0.383 e. The lowest BCUT2D eigenvalue weighted by molar-refractivity contribution is 0.414. The van der Waals surface area contributed by atoms with Gasteiger partial charge in [0, 0.05) is 23.6 Å². The van der Waals surface area contributed by atoms with E-state index in [1.165, 1.54) is 22.0 Å². The minimum Gasteiger partial charge on any atom is -0.383 e. The summed E-state index contributed by atoms with van der Waals surface area (Å²) in [7, 11) is 4.20. The van der Waals surface area contributed by atoms with E-state index in [0.29, 0.717) is 12.4 Å². The molecule has 4 nitrogen and oxygen atoms in total. The predicted molar refractivity (Wildman–Crippen MR) is 111 cm³/mol.